The molecule has 1 aromatic carbocycles. The van der Waals surface area contributed by atoms with Gasteiger partial charge in [-0.1, -0.05) is 11.6 Å². The summed E-state index contributed by atoms with van der Waals surface area (Å²) in [5, 5.41) is 9.54. The summed E-state index contributed by atoms with van der Waals surface area (Å²) in [7, 11) is -1.89. The molecule has 2 atom stereocenters. The molecular formula is C11H15ClO4S. The van der Waals surface area contributed by atoms with Crippen LogP contribution in [0.2, 0.25) is 5.02 Å². The molecule has 0 aliphatic carbocycles. The van der Waals surface area contributed by atoms with Crippen molar-refractivity contribution in [2.24, 2.45) is 0 Å². The van der Waals surface area contributed by atoms with Crippen molar-refractivity contribution in [3.63, 3.8) is 0 Å². The predicted molar refractivity (Wildman–Crippen MR) is 67.3 cm³/mol. The average molecular weight is 279 g/mol. The van der Waals surface area contributed by atoms with Crippen LogP contribution in [0.4, 0.5) is 0 Å². The number of rotatable bonds is 4. The molecule has 96 valence electrons. The monoisotopic (exact) mass is 278 g/mol. The molecular weight excluding hydrogens is 264 g/mol. The van der Waals surface area contributed by atoms with E-state index in [0.717, 1.165) is 6.26 Å². The van der Waals surface area contributed by atoms with Crippen molar-refractivity contribution in [2.45, 2.75) is 18.3 Å². The average Bonchev–Trinajstić information content (AvgIpc) is 2.25. The minimum atomic E-state index is -3.34. The molecule has 4 nitrogen and oxygen atoms in total. The van der Waals surface area contributed by atoms with Crippen LogP contribution in [0, 0.1) is 0 Å². The van der Waals surface area contributed by atoms with Crippen LogP contribution < -0.4 is 4.74 Å². The van der Waals surface area contributed by atoms with Crippen LogP contribution >= 0.6 is 11.6 Å². The molecule has 1 rings (SSSR count). The van der Waals surface area contributed by atoms with Gasteiger partial charge in [0.25, 0.3) is 0 Å². The number of halogens is 1. The largest absolute Gasteiger partial charge is 0.496 e. The Morgan fingerprint density at radius 3 is 2.47 bits per heavy atom. The van der Waals surface area contributed by atoms with Gasteiger partial charge in [0.2, 0.25) is 0 Å². The lowest BCUT2D eigenvalue weighted by Crippen LogP contribution is -2.24. The molecule has 0 saturated heterocycles. The van der Waals surface area contributed by atoms with Crippen LogP contribution in [0.1, 0.15) is 18.6 Å². The highest BCUT2D eigenvalue weighted by Gasteiger charge is 2.27. The molecule has 0 aliphatic rings. The van der Waals surface area contributed by atoms with Crippen LogP contribution in [0.25, 0.3) is 0 Å². The lowest BCUT2D eigenvalue weighted by atomic mass is 10.1. The first-order valence-electron chi connectivity index (χ1n) is 4.97. The van der Waals surface area contributed by atoms with Crippen LogP contribution in [-0.2, 0) is 9.84 Å². The van der Waals surface area contributed by atoms with Gasteiger partial charge in [-0.05, 0) is 25.1 Å². The molecule has 2 unspecified atom stereocenters. The van der Waals surface area contributed by atoms with E-state index in [4.69, 9.17) is 16.3 Å². The van der Waals surface area contributed by atoms with Gasteiger partial charge in [0.1, 0.15) is 5.75 Å². The SMILES string of the molecule is COc1ccc(Cl)cc1C(O)C(C)S(C)(=O)=O. The zero-order valence-electron chi connectivity index (χ0n) is 9.84. The molecule has 1 N–H and O–H groups in total. The van der Waals surface area contributed by atoms with Crippen LogP contribution in [0.3, 0.4) is 0 Å². The molecule has 17 heavy (non-hydrogen) atoms. The maximum atomic E-state index is 11.4. The van der Waals surface area contributed by atoms with E-state index in [1.807, 2.05) is 0 Å². The zero-order valence-corrected chi connectivity index (χ0v) is 11.4. The zero-order chi connectivity index (χ0) is 13.2. The van der Waals surface area contributed by atoms with Gasteiger partial charge in [0.15, 0.2) is 9.84 Å². The molecule has 1 aromatic rings. The van der Waals surface area contributed by atoms with E-state index in [2.05, 4.69) is 0 Å². The second-order valence-corrected chi connectivity index (χ2v) is 6.70. The Morgan fingerprint density at radius 2 is 2.00 bits per heavy atom. The van der Waals surface area contributed by atoms with Crippen molar-refractivity contribution in [1.82, 2.24) is 0 Å². The van der Waals surface area contributed by atoms with Crippen molar-refractivity contribution in [3.05, 3.63) is 28.8 Å². The summed E-state index contributed by atoms with van der Waals surface area (Å²) < 4.78 is 27.9. The van der Waals surface area contributed by atoms with Crippen LogP contribution in [-0.4, -0.2) is 32.1 Å². The van der Waals surface area contributed by atoms with Gasteiger partial charge in [0, 0.05) is 16.8 Å². The first-order chi connectivity index (χ1) is 7.77. The van der Waals surface area contributed by atoms with Gasteiger partial charge in [-0.2, -0.15) is 0 Å². The fourth-order valence-corrected chi connectivity index (χ4v) is 2.22. The molecule has 0 heterocycles. The highest BCUT2D eigenvalue weighted by atomic mass is 35.5. The van der Waals surface area contributed by atoms with Crippen molar-refractivity contribution in [3.8, 4) is 5.75 Å². The van der Waals surface area contributed by atoms with Crippen LogP contribution in [0.5, 0.6) is 5.75 Å². The van der Waals surface area contributed by atoms with E-state index >= 15 is 0 Å². The second kappa shape index (κ2) is 5.25. The number of sulfone groups is 1. The number of methoxy groups -OCH3 is 1. The van der Waals surface area contributed by atoms with E-state index in [-0.39, 0.29) is 0 Å². The number of hydrogen-bond acceptors (Lipinski definition) is 4. The van der Waals surface area contributed by atoms with Gasteiger partial charge >= 0.3 is 0 Å². The molecule has 0 spiro atoms. The van der Waals surface area contributed by atoms with Gasteiger partial charge < -0.3 is 9.84 Å². The maximum Gasteiger partial charge on any atom is 0.152 e. The Bertz CT molecular complexity index is 498. The lowest BCUT2D eigenvalue weighted by Gasteiger charge is -2.20. The summed E-state index contributed by atoms with van der Waals surface area (Å²) in [6.07, 6.45) is -0.0867. The van der Waals surface area contributed by atoms with E-state index in [1.165, 1.54) is 20.1 Å². The van der Waals surface area contributed by atoms with Gasteiger partial charge in [-0.25, -0.2) is 8.42 Å². The van der Waals surface area contributed by atoms with E-state index in [1.54, 1.807) is 12.1 Å². The van der Waals surface area contributed by atoms with E-state index in [9.17, 15) is 13.5 Å². The Balaban J connectivity index is 3.19. The fraction of sp³-hybridized carbons (Fsp3) is 0.455. The van der Waals surface area contributed by atoms with Gasteiger partial charge in [0.05, 0.1) is 18.5 Å². The normalized spacial score (nSPS) is 15.4. The summed E-state index contributed by atoms with van der Waals surface area (Å²) in [6.45, 7) is 1.44. The Morgan fingerprint density at radius 1 is 1.41 bits per heavy atom. The first kappa shape index (κ1) is 14.3. The summed E-state index contributed by atoms with van der Waals surface area (Å²) in [6, 6.07) is 4.71. The molecule has 0 radical (unpaired) electrons. The van der Waals surface area contributed by atoms with Crippen molar-refractivity contribution >= 4 is 21.4 Å². The summed E-state index contributed by atoms with van der Waals surface area (Å²) in [4.78, 5) is 0. The molecule has 6 heteroatoms. The van der Waals surface area contributed by atoms with Gasteiger partial charge in [-0.15, -0.1) is 0 Å². The molecule has 0 saturated carbocycles. The fourth-order valence-electron chi connectivity index (χ4n) is 1.42. The summed E-state index contributed by atoms with van der Waals surface area (Å²) in [5.41, 5.74) is 0.373. The molecule has 0 fully saturated rings. The Hall–Kier alpha value is -0.780. The van der Waals surface area contributed by atoms with Gasteiger partial charge in [-0.3, -0.25) is 0 Å². The second-order valence-electron chi connectivity index (χ2n) is 3.87. The molecule has 0 amide bonds. The lowest BCUT2D eigenvalue weighted by molar-refractivity contribution is 0.172. The quantitative estimate of drug-likeness (QED) is 0.912. The molecule has 0 bridgehead atoms. The number of hydrogen-bond donors (Lipinski definition) is 1. The number of benzene rings is 1. The van der Waals surface area contributed by atoms with Crippen molar-refractivity contribution < 1.29 is 18.3 Å². The summed E-state index contributed by atoms with van der Waals surface area (Å²) >= 11 is 5.82. The topological polar surface area (TPSA) is 63.6 Å². The van der Waals surface area contributed by atoms with E-state index < -0.39 is 21.2 Å². The third kappa shape index (κ3) is 3.34. The van der Waals surface area contributed by atoms with Crippen molar-refractivity contribution in [1.29, 1.82) is 0 Å². The minimum Gasteiger partial charge on any atom is -0.496 e. The predicted octanol–water partition coefficient (Wildman–Crippen LogP) is 1.82. The molecule has 0 aromatic heterocycles. The number of aliphatic hydroxyl groups is 1. The van der Waals surface area contributed by atoms with Crippen LogP contribution in [0.15, 0.2) is 18.2 Å². The van der Waals surface area contributed by atoms with E-state index in [0.29, 0.717) is 16.3 Å². The minimum absolute atomic E-state index is 0.373. The van der Waals surface area contributed by atoms with Crippen molar-refractivity contribution in [2.75, 3.05) is 13.4 Å². The number of ether oxygens (including phenoxy) is 1. The first-order valence-corrected chi connectivity index (χ1v) is 7.31. The number of aliphatic hydroxyl groups excluding tert-OH is 1. The third-order valence-corrected chi connectivity index (χ3v) is 4.47. The maximum absolute atomic E-state index is 11.4. The standard InChI is InChI=1S/C11H15ClO4S/c1-7(17(3,14)15)11(13)9-6-8(12)4-5-10(9)16-2/h4-7,11,13H,1-3H3. The Labute approximate surface area is 106 Å². The highest BCUT2D eigenvalue weighted by molar-refractivity contribution is 7.91. The smallest absolute Gasteiger partial charge is 0.152 e. The highest BCUT2D eigenvalue weighted by Crippen LogP contribution is 2.31. The molecule has 0 aliphatic heterocycles. The third-order valence-electron chi connectivity index (χ3n) is 2.63. The summed E-state index contributed by atoms with van der Waals surface area (Å²) in [5.74, 6) is 0.414. The Kier molecular flexibility index (Phi) is 4.41.